The Labute approximate surface area is 260 Å². The third-order valence-electron chi connectivity index (χ3n) is 9.58. The Bertz CT molecular complexity index is 2610. The molecule has 45 heavy (non-hydrogen) atoms. The first-order chi connectivity index (χ1) is 22.3. The summed E-state index contributed by atoms with van der Waals surface area (Å²) in [6, 6.07) is 55.3. The summed E-state index contributed by atoms with van der Waals surface area (Å²) in [6.45, 7) is 0. The summed E-state index contributed by atoms with van der Waals surface area (Å²) in [7, 11) is 0. The minimum Gasteiger partial charge on any atom is -0.309 e. The average Bonchev–Trinajstić information content (AvgIpc) is 3.63. The van der Waals surface area contributed by atoms with E-state index >= 15 is 0 Å². The minimum absolute atomic E-state index is 1.01. The van der Waals surface area contributed by atoms with E-state index in [1.165, 1.54) is 82.5 Å². The van der Waals surface area contributed by atoms with E-state index in [4.69, 9.17) is 4.98 Å². The number of aromatic nitrogens is 2. The van der Waals surface area contributed by atoms with E-state index in [-0.39, 0.29) is 0 Å². The SMILES string of the molecule is c1ccc(-n2c3ccc(-c4cccc(-c5ccc6c7c(cccc57)-c5ccccc5-6)c4)cc3c3c4cccnc4ccc32)cc1. The van der Waals surface area contributed by atoms with Gasteiger partial charge in [0.25, 0.3) is 0 Å². The Hall–Kier alpha value is -5.99. The van der Waals surface area contributed by atoms with Gasteiger partial charge < -0.3 is 4.57 Å². The second-order valence-corrected chi connectivity index (χ2v) is 11.9. The highest BCUT2D eigenvalue weighted by molar-refractivity contribution is 6.22. The van der Waals surface area contributed by atoms with Crippen LogP contribution in [0.4, 0.5) is 0 Å². The standard InChI is InChI=1S/C43H26N2/c1-2-11-30(12-3-1)45-40-22-18-28(26-38(40)43-37-17-8-24-44-39(37)21-23-41(43)45)27-9-6-10-29(25-27)31-19-20-36-33-14-5-4-13-32(33)35-16-7-15-34(31)42(35)36/h1-26H. The molecule has 0 fully saturated rings. The molecular formula is C43H26N2. The molecular weight excluding hydrogens is 544 g/mol. The molecule has 2 heterocycles. The summed E-state index contributed by atoms with van der Waals surface area (Å²) < 4.78 is 2.38. The minimum atomic E-state index is 1.01. The molecule has 2 nitrogen and oxygen atoms in total. The van der Waals surface area contributed by atoms with Gasteiger partial charge in [0.1, 0.15) is 0 Å². The number of para-hydroxylation sites is 1. The molecule has 9 aromatic rings. The lowest BCUT2D eigenvalue weighted by Crippen LogP contribution is -1.93. The fraction of sp³-hybridized carbons (Fsp3) is 0. The molecule has 0 atom stereocenters. The highest BCUT2D eigenvalue weighted by atomic mass is 15.0. The van der Waals surface area contributed by atoms with Gasteiger partial charge >= 0.3 is 0 Å². The molecule has 10 rings (SSSR count). The first kappa shape index (κ1) is 24.5. The monoisotopic (exact) mass is 570 g/mol. The molecule has 1 aliphatic rings. The second kappa shape index (κ2) is 9.25. The number of benzene rings is 7. The van der Waals surface area contributed by atoms with Crippen molar-refractivity contribution < 1.29 is 0 Å². The van der Waals surface area contributed by atoms with Crippen LogP contribution in [0.1, 0.15) is 0 Å². The van der Waals surface area contributed by atoms with Crippen molar-refractivity contribution in [2.24, 2.45) is 0 Å². The number of fused-ring (bicyclic) bond motifs is 8. The van der Waals surface area contributed by atoms with Crippen molar-refractivity contribution >= 4 is 43.5 Å². The first-order valence-electron chi connectivity index (χ1n) is 15.5. The molecule has 0 spiro atoms. The highest BCUT2D eigenvalue weighted by Crippen LogP contribution is 2.49. The van der Waals surface area contributed by atoms with Gasteiger partial charge in [-0.05, 0) is 104 Å². The Balaban J connectivity index is 1.18. The van der Waals surface area contributed by atoms with Gasteiger partial charge in [-0.15, -0.1) is 0 Å². The maximum atomic E-state index is 4.69. The van der Waals surface area contributed by atoms with E-state index in [0.29, 0.717) is 0 Å². The molecule has 7 aromatic carbocycles. The van der Waals surface area contributed by atoms with E-state index in [1.54, 1.807) is 0 Å². The number of hydrogen-bond donors (Lipinski definition) is 0. The molecule has 0 saturated carbocycles. The van der Waals surface area contributed by atoms with Crippen LogP contribution in [-0.4, -0.2) is 9.55 Å². The average molecular weight is 571 g/mol. The van der Waals surface area contributed by atoms with Gasteiger partial charge in [-0.1, -0.05) is 103 Å². The molecule has 0 aliphatic heterocycles. The van der Waals surface area contributed by atoms with Crippen molar-refractivity contribution in [3.63, 3.8) is 0 Å². The van der Waals surface area contributed by atoms with Crippen LogP contribution in [0, 0.1) is 0 Å². The topological polar surface area (TPSA) is 17.8 Å². The van der Waals surface area contributed by atoms with Crippen LogP contribution in [0.5, 0.6) is 0 Å². The van der Waals surface area contributed by atoms with Gasteiger partial charge in [0, 0.05) is 28.0 Å². The molecule has 208 valence electrons. The smallest absolute Gasteiger partial charge is 0.0709 e. The molecule has 1 aliphatic carbocycles. The molecule has 0 unspecified atom stereocenters. The van der Waals surface area contributed by atoms with Crippen LogP contribution < -0.4 is 0 Å². The third-order valence-corrected chi connectivity index (χ3v) is 9.58. The van der Waals surface area contributed by atoms with E-state index in [2.05, 4.69) is 150 Å². The summed E-state index contributed by atoms with van der Waals surface area (Å²) in [5, 5.41) is 6.31. The fourth-order valence-electron chi connectivity index (χ4n) is 7.63. The lowest BCUT2D eigenvalue weighted by Gasteiger charge is -2.12. The highest BCUT2D eigenvalue weighted by Gasteiger charge is 2.22. The van der Waals surface area contributed by atoms with Crippen LogP contribution in [0.25, 0.3) is 93.7 Å². The van der Waals surface area contributed by atoms with Crippen molar-refractivity contribution in [2.45, 2.75) is 0 Å². The van der Waals surface area contributed by atoms with Gasteiger partial charge in [-0.25, -0.2) is 0 Å². The lowest BCUT2D eigenvalue weighted by molar-refractivity contribution is 1.18. The fourth-order valence-corrected chi connectivity index (χ4v) is 7.63. The van der Waals surface area contributed by atoms with Crippen molar-refractivity contribution in [1.82, 2.24) is 9.55 Å². The second-order valence-electron chi connectivity index (χ2n) is 11.9. The third kappa shape index (κ3) is 3.48. The largest absolute Gasteiger partial charge is 0.309 e. The van der Waals surface area contributed by atoms with Gasteiger partial charge in [0.2, 0.25) is 0 Å². The van der Waals surface area contributed by atoms with E-state index < -0.39 is 0 Å². The maximum Gasteiger partial charge on any atom is 0.0709 e. The van der Waals surface area contributed by atoms with Crippen molar-refractivity contribution in [2.75, 3.05) is 0 Å². The van der Waals surface area contributed by atoms with E-state index in [9.17, 15) is 0 Å². The molecule has 0 radical (unpaired) electrons. The van der Waals surface area contributed by atoms with Crippen LogP contribution in [0.3, 0.4) is 0 Å². The number of nitrogens with zero attached hydrogens (tertiary/aromatic N) is 2. The van der Waals surface area contributed by atoms with Crippen LogP contribution in [0.2, 0.25) is 0 Å². The van der Waals surface area contributed by atoms with E-state index in [0.717, 1.165) is 11.2 Å². The zero-order valence-electron chi connectivity index (χ0n) is 24.4. The van der Waals surface area contributed by atoms with Crippen molar-refractivity contribution in [1.29, 1.82) is 0 Å². The van der Waals surface area contributed by atoms with Gasteiger partial charge in [-0.3, -0.25) is 4.98 Å². The Morgan fingerprint density at radius 1 is 0.378 bits per heavy atom. The van der Waals surface area contributed by atoms with E-state index in [1.807, 2.05) is 12.3 Å². The van der Waals surface area contributed by atoms with Crippen LogP contribution >= 0.6 is 0 Å². The van der Waals surface area contributed by atoms with Gasteiger partial charge in [0.05, 0.1) is 16.6 Å². The van der Waals surface area contributed by atoms with Crippen molar-refractivity contribution in [3.05, 3.63) is 158 Å². The number of hydrogen-bond acceptors (Lipinski definition) is 1. The zero-order chi connectivity index (χ0) is 29.5. The molecule has 0 amide bonds. The molecule has 0 bridgehead atoms. The normalized spacial score (nSPS) is 12.0. The van der Waals surface area contributed by atoms with Crippen LogP contribution in [-0.2, 0) is 0 Å². The Morgan fingerprint density at radius 3 is 1.96 bits per heavy atom. The van der Waals surface area contributed by atoms with Crippen molar-refractivity contribution in [3.8, 4) is 50.2 Å². The van der Waals surface area contributed by atoms with Gasteiger partial charge in [-0.2, -0.15) is 0 Å². The first-order valence-corrected chi connectivity index (χ1v) is 15.5. The van der Waals surface area contributed by atoms with Crippen LogP contribution in [0.15, 0.2) is 158 Å². The number of pyridine rings is 1. The Morgan fingerprint density at radius 2 is 1.07 bits per heavy atom. The van der Waals surface area contributed by atoms with Gasteiger partial charge in [0.15, 0.2) is 0 Å². The lowest BCUT2D eigenvalue weighted by atomic mass is 9.92. The zero-order valence-corrected chi connectivity index (χ0v) is 24.4. The predicted octanol–water partition coefficient (Wildman–Crippen LogP) is 11.5. The summed E-state index contributed by atoms with van der Waals surface area (Å²) in [6.07, 6.45) is 1.88. The molecule has 2 aromatic heterocycles. The maximum absolute atomic E-state index is 4.69. The molecule has 0 saturated heterocycles. The molecule has 0 N–H and O–H groups in total. The quantitative estimate of drug-likeness (QED) is 0.207. The molecule has 2 heteroatoms. The predicted molar refractivity (Wildman–Crippen MR) is 189 cm³/mol. The number of rotatable bonds is 3. The summed E-state index contributed by atoms with van der Waals surface area (Å²) in [5.74, 6) is 0. The summed E-state index contributed by atoms with van der Waals surface area (Å²) >= 11 is 0. The Kier molecular flexibility index (Phi) is 5.03. The summed E-state index contributed by atoms with van der Waals surface area (Å²) in [4.78, 5) is 4.69. The summed E-state index contributed by atoms with van der Waals surface area (Å²) in [5.41, 5.74) is 14.8.